The Kier molecular flexibility index (Phi) is 7.00. The standard InChI is InChI=1S/C27H46N4/c1-23-6-8-25(9-7-23)31-20-18-30(19-21-31)22-29-16-14-27(15-17-29)12-10-24(11-13-27)28(5)26(2,3)4/h6-9,24H,10-22H2,1-5H3. The van der Waals surface area contributed by atoms with Crippen molar-refractivity contribution in [3.05, 3.63) is 29.8 Å². The Morgan fingerprint density at radius 3 is 1.94 bits per heavy atom. The summed E-state index contributed by atoms with van der Waals surface area (Å²) in [6, 6.07) is 9.82. The van der Waals surface area contributed by atoms with E-state index < -0.39 is 0 Å². The minimum atomic E-state index is 0.294. The lowest BCUT2D eigenvalue weighted by atomic mass is 9.66. The van der Waals surface area contributed by atoms with Gasteiger partial charge in [-0.1, -0.05) is 17.7 Å². The average Bonchev–Trinajstić information content (AvgIpc) is 2.76. The average molecular weight is 427 g/mol. The van der Waals surface area contributed by atoms with Gasteiger partial charge in [0.25, 0.3) is 0 Å². The molecule has 1 aliphatic carbocycles. The molecule has 4 rings (SSSR count). The minimum absolute atomic E-state index is 0.294. The van der Waals surface area contributed by atoms with Gasteiger partial charge >= 0.3 is 0 Å². The molecule has 4 nitrogen and oxygen atoms in total. The van der Waals surface area contributed by atoms with Crippen LogP contribution < -0.4 is 4.90 Å². The van der Waals surface area contributed by atoms with Gasteiger partial charge in [0.15, 0.2) is 0 Å². The fourth-order valence-electron chi connectivity index (χ4n) is 6.00. The van der Waals surface area contributed by atoms with Crippen LogP contribution in [0.3, 0.4) is 0 Å². The number of rotatable bonds is 4. The summed E-state index contributed by atoms with van der Waals surface area (Å²) in [6.45, 7) is 17.7. The van der Waals surface area contributed by atoms with Crippen molar-refractivity contribution in [2.75, 3.05) is 57.9 Å². The van der Waals surface area contributed by atoms with E-state index in [0.29, 0.717) is 11.0 Å². The van der Waals surface area contributed by atoms with E-state index in [1.54, 1.807) is 0 Å². The smallest absolute Gasteiger partial charge is 0.0507 e. The first-order chi connectivity index (χ1) is 14.7. The maximum absolute atomic E-state index is 2.74. The van der Waals surface area contributed by atoms with E-state index in [4.69, 9.17) is 0 Å². The number of hydrogen-bond donors (Lipinski definition) is 0. The first-order valence-corrected chi connectivity index (χ1v) is 12.7. The van der Waals surface area contributed by atoms with Gasteiger partial charge in [0.1, 0.15) is 0 Å². The lowest BCUT2D eigenvalue weighted by Crippen LogP contribution is -2.53. The molecule has 1 spiro atoms. The van der Waals surface area contributed by atoms with E-state index in [2.05, 4.69) is 78.6 Å². The highest BCUT2D eigenvalue weighted by Crippen LogP contribution is 2.46. The Morgan fingerprint density at radius 2 is 1.39 bits per heavy atom. The molecule has 3 aliphatic rings. The topological polar surface area (TPSA) is 13.0 Å². The molecule has 0 N–H and O–H groups in total. The van der Waals surface area contributed by atoms with Crippen molar-refractivity contribution in [1.29, 1.82) is 0 Å². The molecule has 2 aliphatic heterocycles. The van der Waals surface area contributed by atoms with E-state index in [0.717, 1.165) is 19.1 Å². The van der Waals surface area contributed by atoms with Crippen molar-refractivity contribution in [2.45, 2.75) is 77.8 Å². The second-order valence-electron chi connectivity index (χ2n) is 11.7. The van der Waals surface area contributed by atoms with Gasteiger partial charge < -0.3 is 4.90 Å². The van der Waals surface area contributed by atoms with Gasteiger partial charge in [0, 0.05) is 43.4 Å². The number of nitrogens with zero attached hydrogens (tertiary/aromatic N) is 4. The molecule has 1 saturated carbocycles. The Balaban J connectivity index is 1.19. The molecule has 0 aromatic heterocycles. The molecule has 0 unspecified atom stereocenters. The predicted molar refractivity (Wildman–Crippen MR) is 133 cm³/mol. The lowest BCUT2D eigenvalue weighted by molar-refractivity contribution is 0.00205. The Bertz CT molecular complexity index is 681. The first-order valence-electron chi connectivity index (χ1n) is 12.7. The Hall–Kier alpha value is -1.10. The van der Waals surface area contributed by atoms with Gasteiger partial charge in [-0.05, 0) is 104 Å². The number of benzene rings is 1. The summed E-state index contributed by atoms with van der Waals surface area (Å²) < 4.78 is 0. The van der Waals surface area contributed by atoms with E-state index >= 15 is 0 Å². The highest BCUT2D eigenvalue weighted by atomic mass is 15.3. The van der Waals surface area contributed by atoms with E-state index in [1.165, 1.54) is 82.6 Å². The molecule has 3 fully saturated rings. The van der Waals surface area contributed by atoms with E-state index in [9.17, 15) is 0 Å². The van der Waals surface area contributed by atoms with Crippen LogP contribution in [0.5, 0.6) is 0 Å². The molecule has 0 amide bonds. The highest BCUT2D eigenvalue weighted by Gasteiger charge is 2.40. The number of piperazine rings is 1. The normalized spacial score (nSPS) is 24.3. The number of likely N-dealkylation sites (tertiary alicyclic amines) is 1. The second kappa shape index (κ2) is 9.41. The van der Waals surface area contributed by atoms with Crippen LogP contribution in [0.15, 0.2) is 24.3 Å². The third-order valence-electron chi connectivity index (χ3n) is 8.71. The van der Waals surface area contributed by atoms with Crippen molar-refractivity contribution in [2.24, 2.45) is 5.41 Å². The molecule has 4 heteroatoms. The summed E-state index contributed by atoms with van der Waals surface area (Å²) in [5, 5.41) is 0. The molecular weight excluding hydrogens is 380 g/mol. The van der Waals surface area contributed by atoms with Crippen LogP contribution in [-0.4, -0.2) is 79.3 Å². The van der Waals surface area contributed by atoms with Crippen molar-refractivity contribution in [3.8, 4) is 0 Å². The fraction of sp³-hybridized carbons (Fsp3) is 0.778. The molecular formula is C27H46N4. The Morgan fingerprint density at radius 1 is 0.839 bits per heavy atom. The van der Waals surface area contributed by atoms with Crippen molar-refractivity contribution >= 4 is 5.69 Å². The fourth-order valence-corrected chi connectivity index (χ4v) is 6.00. The van der Waals surface area contributed by atoms with Gasteiger partial charge in [0.05, 0.1) is 6.67 Å². The summed E-state index contributed by atoms with van der Waals surface area (Å²) in [6.07, 6.45) is 8.52. The summed E-state index contributed by atoms with van der Waals surface area (Å²) in [4.78, 5) is 10.6. The zero-order valence-electron chi connectivity index (χ0n) is 20.9. The lowest BCUT2D eigenvalue weighted by Gasteiger charge is -2.50. The number of hydrogen-bond acceptors (Lipinski definition) is 4. The van der Waals surface area contributed by atoms with Crippen LogP contribution in [0.4, 0.5) is 5.69 Å². The molecule has 0 atom stereocenters. The molecule has 2 saturated heterocycles. The van der Waals surface area contributed by atoms with Gasteiger partial charge in [0.2, 0.25) is 0 Å². The molecule has 0 radical (unpaired) electrons. The molecule has 174 valence electrons. The third kappa shape index (κ3) is 5.64. The van der Waals surface area contributed by atoms with Crippen molar-refractivity contribution in [3.63, 3.8) is 0 Å². The minimum Gasteiger partial charge on any atom is -0.369 e. The highest BCUT2D eigenvalue weighted by molar-refractivity contribution is 5.47. The number of anilines is 1. The zero-order valence-corrected chi connectivity index (χ0v) is 20.9. The van der Waals surface area contributed by atoms with Gasteiger partial charge in [-0.15, -0.1) is 0 Å². The van der Waals surface area contributed by atoms with Crippen molar-refractivity contribution < 1.29 is 0 Å². The molecule has 31 heavy (non-hydrogen) atoms. The second-order valence-corrected chi connectivity index (χ2v) is 11.7. The summed E-state index contributed by atoms with van der Waals surface area (Å²) >= 11 is 0. The summed E-state index contributed by atoms with van der Waals surface area (Å²) in [7, 11) is 2.34. The van der Waals surface area contributed by atoms with Crippen LogP contribution >= 0.6 is 0 Å². The molecule has 1 aromatic rings. The SMILES string of the molecule is Cc1ccc(N2CCN(CN3CCC4(CCC(N(C)C(C)(C)C)CC4)CC3)CC2)cc1. The summed E-state index contributed by atoms with van der Waals surface area (Å²) in [5.74, 6) is 0. The number of aryl methyl sites for hydroxylation is 1. The third-order valence-corrected chi connectivity index (χ3v) is 8.71. The maximum Gasteiger partial charge on any atom is 0.0507 e. The molecule has 1 aromatic carbocycles. The van der Waals surface area contributed by atoms with Gasteiger partial charge in [-0.2, -0.15) is 0 Å². The van der Waals surface area contributed by atoms with Crippen LogP contribution in [-0.2, 0) is 0 Å². The van der Waals surface area contributed by atoms with Gasteiger partial charge in [-0.25, -0.2) is 0 Å². The van der Waals surface area contributed by atoms with Crippen LogP contribution in [0.25, 0.3) is 0 Å². The molecule has 2 heterocycles. The maximum atomic E-state index is 2.74. The monoisotopic (exact) mass is 426 g/mol. The largest absolute Gasteiger partial charge is 0.369 e. The predicted octanol–water partition coefficient (Wildman–Crippen LogP) is 4.83. The van der Waals surface area contributed by atoms with E-state index in [1.807, 2.05) is 0 Å². The zero-order chi connectivity index (χ0) is 22.1. The Labute approximate surface area is 191 Å². The van der Waals surface area contributed by atoms with Crippen LogP contribution in [0.1, 0.15) is 64.9 Å². The van der Waals surface area contributed by atoms with Crippen LogP contribution in [0.2, 0.25) is 0 Å². The van der Waals surface area contributed by atoms with Gasteiger partial charge in [-0.3, -0.25) is 14.7 Å². The van der Waals surface area contributed by atoms with Crippen LogP contribution in [0, 0.1) is 12.3 Å². The summed E-state index contributed by atoms with van der Waals surface area (Å²) in [5.41, 5.74) is 3.68. The van der Waals surface area contributed by atoms with Crippen molar-refractivity contribution in [1.82, 2.24) is 14.7 Å². The number of piperidine rings is 1. The molecule has 0 bridgehead atoms. The van der Waals surface area contributed by atoms with E-state index in [-0.39, 0.29) is 0 Å². The quantitative estimate of drug-likeness (QED) is 0.684. The first kappa shape index (κ1) is 23.1.